The number of H-pyrrole nitrogens is 1. The molecule has 0 unspecified atom stereocenters. The molecule has 2 aliphatic rings. The van der Waals surface area contributed by atoms with Crippen LogP contribution in [-0.4, -0.2) is 31.3 Å². The molecule has 2 N–H and O–H groups in total. The van der Waals surface area contributed by atoms with Crippen LogP contribution in [0.25, 0.3) is 11.0 Å². The van der Waals surface area contributed by atoms with Crippen molar-refractivity contribution >= 4 is 16.9 Å². The van der Waals surface area contributed by atoms with E-state index < -0.39 is 0 Å². The Labute approximate surface area is 128 Å². The lowest BCUT2D eigenvalue weighted by Crippen LogP contribution is -2.27. The molecule has 0 aliphatic heterocycles. The normalized spacial score (nSPS) is 19.5. The van der Waals surface area contributed by atoms with Crippen molar-refractivity contribution in [3.8, 4) is 0 Å². The van der Waals surface area contributed by atoms with Crippen LogP contribution in [0, 0.1) is 0 Å². The highest BCUT2D eigenvalue weighted by atomic mass is 15.3. The zero-order valence-electron chi connectivity index (χ0n) is 12.3. The maximum absolute atomic E-state index is 4.78. The number of hydrogen-bond acceptors (Lipinski definition) is 4. The third-order valence-electron chi connectivity index (χ3n) is 4.78. The summed E-state index contributed by atoms with van der Waals surface area (Å²) in [5.74, 6) is 2.47. The number of rotatable bonds is 5. The molecule has 0 saturated heterocycles. The van der Waals surface area contributed by atoms with Crippen molar-refractivity contribution in [2.24, 2.45) is 0 Å². The number of nitrogens with zero attached hydrogens (tertiary/aromatic N) is 4. The van der Waals surface area contributed by atoms with Crippen LogP contribution in [0.15, 0.2) is 30.7 Å². The molecule has 6 nitrogen and oxygen atoms in total. The van der Waals surface area contributed by atoms with Gasteiger partial charge in [-0.2, -0.15) is 5.10 Å². The third-order valence-corrected chi connectivity index (χ3v) is 4.78. The van der Waals surface area contributed by atoms with E-state index in [2.05, 4.69) is 31.3 Å². The Morgan fingerprint density at radius 3 is 2.95 bits per heavy atom. The Bertz CT molecular complexity index is 810. The quantitative estimate of drug-likeness (QED) is 0.759. The zero-order chi connectivity index (χ0) is 14.6. The Kier molecular flexibility index (Phi) is 2.39. The van der Waals surface area contributed by atoms with Gasteiger partial charge in [0.25, 0.3) is 0 Å². The van der Waals surface area contributed by atoms with Gasteiger partial charge < -0.3 is 10.3 Å². The minimum Gasteiger partial charge on any atom is -0.367 e. The fourth-order valence-electron chi connectivity index (χ4n) is 3.05. The second kappa shape index (κ2) is 4.32. The van der Waals surface area contributed by atoms with Gasteiger partial charge in [0.05, 0.1) is 10.9 Å². The fourth-order valence-corrected chi connectivity index (χ4v) is 3.05. The Morgan fingerprint density at radius 1 is 1.32 bits per heavy atom. The molecule has 3 aromatic heterocycles. The summed E-state index contributed by atoms with van der Waals surface area (Å²) < 4.78 is 2.08. The van der Waals surface area contributed by atoms with Crippen molar-refractivity contribution in [1.29, 1.82) is 0 Å². The molecule has 5 rings (SSSR count). The largest absolute Gasteiger partial charge is 0.367 e. The lowest BCUT2D eigenvalue weighted by Gasteiger charge is -2.17. The van der Waals surface area contributed by atoms with E-state index in [0.717, 1.165) is 29.2 Å². The van der Waals surface area contributed by atoms with Crippen molar-refractivity contribution in [3.63, 3.8) is 0 Å². The van der Waals surface area contributed by atoms with Gasteiger partial charge in [0.1, 0.15) is 17.3 Å². The van der Waals surface area contributed by atoms with E-state index >= 15 is 0 Å². The molecule has 6 heteroatoms. The summed E-state index contributed by atoms with van der Waals surface area (Å²) in [7, 11) is 0. The third kappa shape index (κ3) is 1.90. The van der Waals surface area contributed by atoms with Crippen molar-refractivity contribution in [2.45, 2.75) is 37.1 Å². The van der Waals surface area contributed by atoms with E-state index in [-0.39, 0.29) is 5.54 Å². The predicted molar refractivity (Wildman–Crippen MR) is 83.8 cm³/mol. The van der Waals surface area contributed by atoms with Crippen LogP contribution in [0.2, 0.25) is 0 Å². The summed E-state index contributed by atoms with van der Waals surface area (Å²) in [6.45, 7) is 0.857. The molecule has 3 aromatic rings. The van der Waals surface area contributed by atoms with E-state index in [1.54, 1.807) is 0 Å². The van der Waals surface area contributed by atoms with Gasteiger partial charge in [-0.15, -0.1) is 0 Å². The summed E-state index contributed by atoms with van der Waals surface area (Å²) in [6, 6.07) is 4.03. The van der Waals surface area contributed by atoms with Gasteiger partial charge in [-0.1, -0.05) is 0 Å². The van der Waals surface area contributed by atoms with E-state index in [1.165, 1.54) is 25.7 Å². The molecule has 0 radical (unpaired) electrons. The second-order valence-corrected chi connectivity index (χ2v) is 6.47. The number of aromatic nitrogens is 5. The number of aromatic amines is 1. The first-order valence-corrected chi connectivity index (χ1v) is 7.93. The van der Waals surface area contributed by atoms with Gasteiger partial charge in [-0.25, -0.2) is 9.97 Å². The molecule has 0 spiro atoms. The molecule has 112 valence electrons. The predicted octanol–water partition coefficient (Wildman–Crippen LogP) is 2.63. The summed E-state index contributed by atoms with van der Waals surface area (Å²) in [4.78, 5) is 12.6. The smallest absolute Gasteiger partial charge is 0.143 e. The lowest BCUT2D eigenvalue weighted by molar-refractivity contribution is 0.453. The van der Waals surface area contributed by atoms with Gasteiger partial charge in [0.2, 0.25) is 0 Å². The summed E-state index contributed by atoms with van der Waals surface area (Å²) >= 11 is 0. The number of anilines is 1. The Balaban J connectivity index is 1.45. The highest BCUT2D eigenvalue weighted by Crippen LogP contribution is 2.43. The van der Waals surface area contributed by atoms with Gasteiger partial charge >= 0.3 is 0 Å². The molecular formula is C16H18N6. The van der Waals surface area contributed by atoms with Crippen LogP contribution in [0.3, 0.4) is 0 Å². The van der Waals surface area contributed by atoms with Crippen molar-refractivity contribution in [2.75, 3.05) is 11.9 Å². The number of fused-ring (bicyclic) bond motifs is 1. The monoisotopic (exact) mass is 294 g/mol. The summed E-state index contributed by atoms with van der Waals surface area (Å²) in [5, 5.41) is 9.03. The Morgan fingerprint density at radius 2 is 2.23 bits per heavy atom. The van der Waals surface area contributed by atoms with Gasteiger partial charge in [0.15, 0.2) is 0 Å². The Hall–Kier alpha value is -2.37. The van der Waals surface area contributed by atoms with Crippen LogP contribution in [0.5, 0.6) is 0 Å². The minimum absolute atomic E-state index is 0.122. The first kappa shape index (κ1) is 12.2. The van der Waals surface area contributed by atoms with Crippen LogP contribution in [0.4, 0.5) is 5.82 Å². The summed E-state index contributed by atoms with van der Waals surface area (Å²) in [5.41, 5.74) is 1.06. The molecule has 0 atom stereocenters. The molecule has 2 aliphatic carbocycles. The van der Waals surface area contributed by atoms with Gasteiger partial charge in [-0.05, 0) is 37.8 Å². The highest BCUT2D eigenvalue weighted by molar-refractivity contribution is 5.87. The number of hydrogen-bond donors (Lipinski definition) is 2. The topological polar surface area (TPSA) is 71.4 Å². The molecule has 3 heterocycles. The van der Waals surface area contributed by atoms with E-state index in [1.807, 2.05) is 24.5 Å². The van der Waals surface area contributed by atoms with Crippen LogP contribution < -0.4 is 5.32 Å². The average Bonchev–Trinajstić information content (AvgIpc) is 3.43. The van der Waals surface area contributed by atoms with Gasteiger partial charge in [-0.3, -0.25) is 4.68 Å². The standard InChI is InChI=1S/C16H18N6/c1-7-19-22(9-1)16(5-6-16)10-18-15-12-4-8-17-14(12)20-13(21-15)11-2-3-11/h1,4,7-9,11H,2-3,5-6,10H2,(H2,17,18,20,21). The molecular weight excluding hydrogens is 276 g/mol. The summed E-state index contributed by atoms with van der Waals surface area (Å²) in [6.07, 6.45) is 10.6. The number of nitrogens with one attached hydrogen (secondary N) is 2. The minimum atomic E-state index is 0.122. The van der Waals surface area contributed by atoms with Crippen molar-refractivity contribution in [1.82, 2.24) is 24.7 Å². The van der Waals surface area contributed by atoms with Crippen molar-refractivity contribution in [3.05, 3.63) is 36.5 Å². The van der Waals surface area contributed by atoms with E-state index in [0.29, 0.717) is 5.92 Å². The van der Waals surface area contributed by atoms with Gasteiger partial charge in [0, 0.05) is 31.1 Å². The first-order valence-electron chi connectivity index (χ1n) is 7.93. The lowest BCUT2D eigenvalue weighted by atomic mass is 10.2. The van der Waals surface area contributed by atoms with Crippen molar-refractivity contribution < 1.29 is 0 Å². The maximum atomic E-state index is 4.78. The van der Waals surface area contributed by atoms with Crippen LogP contribution in [-0.2, 0) is 5.54 Å². The molecule has 2 fully saturated rings. The van der Waals surface area contributed by atoms with E-state index in [4.69, 9.17) is 4.98 Å². The first-order chi connectivity index (χ1) is 10.8. The average molecular weight is 294 g/mol. The molecule has 2 saturated carbocycles. The molecule has 0 bridgehead atoms. The second-order valence-electron chi connectivity index (χ2n) is 6.47. The van der Waals surface area contributed by atoms with Crippen LogP contribution >= 0.6 is 0 Å². The SMILES string of the molecule is c1cnn(C2(CNc3nc(C4CC4)nc4[nH]ccc34)CC2)c1. The zero-order valence-corrected chi connectivity index (χ0v) is 12.3. The fraction of sp³-hybridized carbons (Fsp3) is 0.438. The molecule has 22 heavy (non-hydrogen) atoms. The molecule has 0 amide bonds. The maximum Gasteiger partial charge on any atom is 0.143 e. The van der Waals surface area contributed by atoms with E-state index in [9.17, 15) is 0 Å². The van der Waals surface area contributed by atoms with Crippen LogP contribution in [0.1, 0.15) is 37.4 Å². The highest BCUT2D eigenvalue weighted by Gasteiger charge is 2.45. The molecule has 0 aromatic carbocycles.